The highest BCUT2D eigenvalue weighted by atomic mass is 35.5. The van der Waals surface area contributed by atoms with Gasteiger partial charge in [-0.25, -0.2) is 19.0 Å². The van der Waals surface area contributed by atoms with E-state index in [1.807, 2.05) is 6.92 Å². The summed E-state index contributed by atoms with van der Waals surface area (Å²) in [6, 6.07) is 9.85. The quantitative estimate of drug-likeness (QED) is 0.540. The minimum atomic E-state index is -0.673. The molecule has 0 aliphatic heterocycles. The van der Waals surface area contributed by atoms with E-state index in [1.54, 1.807) is 50.4 Å². The van der Waals surface area contributed by atoms with E-state index in [-0.39, 0.29) is 17.6 Å². The molecule has 28 heavy (non-hydrogen) atoms. The SMILES string of the molecule is COc1cc(Cl)ccc1SNC(c1n[nH]c(=O)o1)C(C)c1cccc(C)c1F. The van der Waals surface area contributed by atoms with Crippen molar-refractivity contribution in [3.63, 3.8) is 0 Å². The standard InChI is InChI=1S/C19H19ClFN3O3S/c1-10-5-4-6-13(16(10)21)11(2)17(18-22-23-19(25)27-18)24-28-15-8-7-12(20)9-14(15)26-3/h4-9,11,17,24H,1-3H3,(H,23,25). The number of ether oxygens (including phenoxy) is 1. The van der Waals surface area contributed by atoms with E-state index >= 15 is 0 Å². The summed E-state index contributed by atoms with van der Waals surface area (Å²) in [6.07, 6.45) is 0. The van der Waals surface area contributed by atoms with Crippen LogP contribution < -0.4 is 15.2 Å². The largest absolute Gasteiger partial charge is 0.495 e. The first-order valence-corrected chi connectivity index (χ1v) is 9.66. The zero-order valence-electron chi connectivity index (χ0n) is 15.5. The number of H-pyrrole nitrogens is 1. The summed E-state index contributed by atoms with van der Waals surface area (Å²) in [5.41, 5.74) is 1.03. The summed E-state index contributed by atoms with van der Waals surface area (Å²) in [4.78, 5) is 12.2. The second-order valence-electron chi connectivity index (χ2n) is 6.21. The zero-order chi connectivity index (χ0) is 20.3. The van der Waals surface area contributed by atoms with Gasteiger partial charge in [0.1, 0.15) is 17.6 Å². The predicted octanol–water partition coefficient (Wildman–Crippen LogP) is 4.61. The fourth-order valence-corrected chi connectivity index (χ4v) is 3.89. The fraction of sp³-hybridized carbons (Fsp3) is 0.263. The molecule has 2 N–H and O–H groups in total. The molecule has 1 aromatic heterocycles. The van der Waals surface area contributed by atoms with Gasteiger partial charge in [-0.05, 0) is 48.2 Å². The van der Waals surface area contributed by atoms with Crippen molar-refractivity contribution in [1.29, 1.82) is 0 Å². The van der Waals surface area contributed by atoms with Gasteiger partial charge in [-0.1, -0.05) is 36.7 Å². The van der Waals surface area contributed by atoms with Gasteiger partial charge in [0.05, 0.1) is 12.0 Å². The van der Waals surface area contributed by atoms with Gasteiger partial charge in [-0.2, -0.15) is 0 Å². The van der Waals surface area contributed by atoms with Crippen LogP contribution in [0, 0.1) is 12.7 Å². The van der Waals surface area contributed by atoms with Crippen molar-refractivity contribution >= 4 is 23.5 Å². The summed E-state index contributed by atoms with van der Waals surface area (Å²) in [6.45, 7) is 3.54. The van der Waals surface area contributed by atoms with Crippen LogP contribution in [0.1, 0.15) is 35.9 Å². The Morgan fingerprint density at radius 1 is 1.36 bits per heavy atom. The number of halogens is 2. The maximum Gasteiger partial charge on any atom is 0.434 e. The lowest BCUT2D eigenvalue weighted by molar-refractivity contribution is 0.383. The van der Waals surface area contributed by atoms with Crippen molar-refractivity contribution < 1.29 is 13.5 Å². The molecular formula is C19H19ClFN3O3S. The average molecular weight is 424 g/mol. The molecular weight excluding hydrogens is 405 g/mol. The Morgan fingerprint density at radius 3 is 2.82 bits per heavy atom. The Balaban J connectivity index is 1.92. The van der Waals surface area contributed by atoms with Crippen LogP contribution in [0.15, 0.2) is 50.5 Å². The van der Waals surface area contributed by atoms with Gasteiger partial charge in [0.15, 0.2) is 0 Å². The summed E-state index contributed by atoms with van der Waals surface area (Å²) in [5, 5.41) is 6.73. The minimum Gasteiger partial charge on any atom is -0.495 e. The van der Waals surface area contributed by atoms with Crippen molar-refractivity contribution in [3.8, 4) is 5.75 Å². The lowest BCUT2D eigenvalue weighted by atomic mass is 9.92. The highest BCUT2D eigenvalue weighted by Gasteiger charge is 2.28. The van der Waals surface area contributed by atoms with Gasteiger partial charge in [0.2, 0.25) is 5.89 Å². The van der Waals surface area contributed by atoms with Crippen molar-refractivity contribution in [2.45, 2.75) is 30.7 Å². The zero-order valence-corrected chi connectivity index (χ0v) is 17.0. The number of methoxy groups -OCH3 is 1. The van der Waals surface area contributed by atoms with E-state index in [0.717, 1.165) is 4.90 Å². The topological polar surface area (TPSA) is 80.1 Å². The van der Waals surface area contributed by atoms with Crippen LogP contribution in [0.5, 0.6) is 5.75 Å². The van der Waals surface area contributed by atoms with Crippen LogP contribution in [0.3, 0.4) is 0 Å². The Kier molecular flexibility index (Phi) is 6.43. The molecule has 0 amide bonds. The number of nitrogens with one attached hydrogen (secondary N) is 2. The van der Waals surface area contributed by atoms with Crippen LogP contribution in [0.4, 0.5) is 4.39 Å². The highest BCUT2D eigenvalue weighted by molar-refractivity contribution is 7.97. The minimum absolute atomic E-state index is 0.138. The highest BCUT2D eigenvalue weighted by Crippen LogP contribution is 2.36. The number of nitrogens with zero attached hydrogens (tertiary/aromatic N) is 1. The first-order valence-electron chi connectivity index (χ1n) is 8.47. The number of hydrogen-bond donors (Lipinski definition) is 2. The van der Waals surface area contributed by atoms with Crippen molar-refractivity contribution in [2.24, 2.45) is 0 Å². The Labute approximate surface area is 170 Å². The lowest BCUT2D eigenvalue weighted by Gasteiger charge is -2.23. The summed E-state index contributed by atoms with van der Waals surface area (Å²) in [7, 11) is 1.55. The van der Waals surface area contributed by atoms with E-state index in [2.05, 4.69) is 14.9 Å². The molecule has 148 valence electrons. The first kappa shape index (κ1) is 20.4. The Bertz CT molecular complexity index is 1020. The van der Waals surface area contributed by atoms with Crippen LogP contribution in [-0.4, -0.2) is 17.3 Å². The monoisotopic (exact) mass is 423 g/mol. The molecule has 2 atom stereocenters. The molecule has 0 aliphatic carbocycles. The smallest absolute Gasteiger partial charge is 0.434 e. The summed E-state index contributed by atoms with van der Waals surface area (Å²) >= 11 is 7.26. The van der Waals surface area contributed by atoms with Gasteiger partial charge in [-0.3, -0.25) is 0 Å². The average Bonchev–Trinajstić information content (AvgIpc) is 3.10. The fourth-order valence-electron chi connectivity index (χ4n) is 2.79. The normalized spacial score (nSPS) is 13.3. The number of hydrogen-bond acceptors (Lipinski definition) is 6. The molecule has 1 heterocycles. The van der Waals surface area contributed by atoms with Gasteiger partial charge in [0, 0.05) is 10.9 Å². The third-order valence-electron chi connectivity index (χ3n) is 4.35. The molecule has 3 rings (SSSR count). The first-order chi connectivity index (χ1) is 13.4. The van der Waals surface area contributed by atoms with Crippen molar-refractivity contribution in [1.82, 2.24) is 14.9 Å². The maximum absolute atomic E-state index is 14.7. The number of benzene rings is 2. The predicted molar refractivity (Wildman–Crippen MR) is 106 cm³/mol. The van der Waals surface area contributed by atoms with E-state index in [4.69, 9.17) is 20.8 Å². The van der Waals surface area contributed by atoms with Crippen molar-refractivity contribution in [3.05, 3.63) is 74.8 Å². The van der Waals surface area contributed by atoms with Gasteiger partial charge >= 0.3 is 5.76 Å². The molecule has 0 saturated carbocycles. The van der Waals surface area contributed by atoms with Crippen LogP contribution in [0.25, 0.3) is 0 Å². The van der Waals surface area contributed by atoms with E-state index in [9.17, 15) is 9.18 Å². The Morgan fingerprint density at radius 2 is 2.14 bits per heavy atom. The number of aromatic nitrogens is 2. The van der Waals surface area contributed by atoms with E-state index < -0.39 is 11.8 Å². The molecule has 0 radical (unpaired) electrons. The Hall–Kier alpha value is -2.29. The molecule has 2 unspecified atom stereocenters. The third-order valence-corrected chi connectivity index (χ3v) is 5.52. The summed E-state index contributed by atoms with van der Waals surface area (Å²) in [5.74, 6) is -0.626. The second kappa shape index (κ2) is 8.81. The maximum atomic E-state index is 14.7. The van der Waals surface area contributed by atoms with E-state index in [1.165, 1.54) is 11.9 Å². The molecule has 2 aromatic carbocycles. The number of aryl methyl sites for hydroxylation is 1. The van der Waals surface area contributed by atoms with Crippen LogP contribution >= 0.6 is 23.5 Å². The molecule has 6 nitrogen and oxygen atoms in total. The lowest BCUT2D eigenvalue weighted by Crippen LogP contribution is -2.22. The van der Waals surface area contributed by atoms with Gasteiger partial charge in [-0.15, -0.1) is 5.10 Å². The molecule has 0 saturated heterocycles. The third kappa shape index (κ3) is 4.40. The number of aromatic amines is 1. The number of rotatable bonds is 7. The summed E-state index contributed by atoms with van der Waals surface area (Å²) < 4.78 is 28.4. The van der Waals surface area contributed by atoms with Gasteiger partial charge in [0.25, 0.3) is 0 Å². The molecule has 0 bridgehead atoms. The van der Waals surface area contributed by atoms with Gasteiger partial charge < -0.3 is 9.15 Å². The van der Waals surface area contributed by atoms with Crippen LogP contribution in [0.2, 0.25) is 5.02 Å². The van der Waals surface area contributed by atoms with Crippen molar-refractivity contribution in [2.75, 3.05) is 7.11 Å². The molecule has 0 fully saturated rings. The van der Waals surface area contributed by atoms with Crippen LogP contribution in [-0.2, 0) is 0 Å². The molecule has 0 spiro atoms. The second-order valence-corrected chi connectivity index (χ2v) is 7.53. The molecule has 3 aromatic rings. The van der Waals surface area contributed by atoms with E-state index in [0.29, 0.717) is 21.9 Å². The molecule has 0 aliphatic rings. The molecule has 9 heteroatoms.